The van der Waals surface area contributed by atoms with E-state index in [4.69, 9.17) is 16.3 Å². The molecule has 0 aliphatic heterocycles. The Bertz CT molecular complexity index is 712. The topological polar surface area (TPSA) is 9.23 Å². The Morgan fingerprint density at radius 2 is 1.26 bits per heavy atom. The van der Waals surface area contributed by atoms with Crippen molar-refractivity contribution in [2.45, 2.75) is 89.8 Å². The van der Waals surface area contributed by atoms with Crippen molar-refractivity contribution in [3.8, 4) is 0 Å². The molecule has 0 spiro atoms. The fraction of sp³-hybridized carbons (Fsp3) is 0.704. The molecule has 3 aliphatic rings. The van der Waals surface area contributed by atoms with E-state index < -0.39 is 11.6 Å². The van der Waals surface area contributed by atoms with Gasteiger partial charge in [0, 0.05) is 5.54 Å². The van der Waals surface area contributed by atoms with Crippen LogP contribution in [0.2, 0.25) is 0 Å². The van der Waals surface area contributed by atoms with Crippen molar-refractivity contribution in [2.24, 2.45) is 29.6 Å². The molecule has 0 heterocycles. The Morgan fingerprint density at radius 1 is 0.742 bits per heavy atom. The molecule has 4 heteroatoms. The van der Waals surface area contributed by atoms with Crippen molar-refractivity contribution in [2.75, 3.05) is 0 Å². The average Bonchev–Trinajstić information content (AvgIpc) is 2.81. The second-order valence-corrected chi connectivity index (χ2v) is 10.5. The van der Waals surface area contributed by atoms with Crippen LogP contribution in [0.3, 0.4) is 0 Å². The van der Waals surface area contributed by atoms with Crippen LogP contribution in [0.1, 0.15) is 82.6 Å². The van der Waals surface area contributed by atoms with Gasteiger partial charge in [-0.2, -0.15) is 0 Å². The zero-order chi connectivity index (χ0) is 21.6. The van der Waals surface area contributed by atoms with Crippen LogP contribution in [0.15, 0.2) is 29.8 Å². The Morgan fingerprint density at radius 3 is 1.77 bits per heavy atom. The van der Waals surface area contributed by atoms with Crippen molar-refractivity contribution < 1.29 is 13.5 Å². The lowest BCUT2D eigenvalue weighted by molar-refractivity contribution is -0.00412. The number of rotatable bonds is 6. The Labute approximate surface area is 191 Å². The van der Waals surface area contributed by atoms with Crippen LogP contribution in [0.5, 0.6) is 0 Å². The quantitative estimate of drug-likeness (QED) is 0.422. The second-order valence-electron chi connectivity index (χ2n) is 10.3. The van der Waals surface area contributed by atoms with Crippen molar-refractivity contribution in [3.63, 3.8) is 0 Å². The fourth-order valence-corrected chi connectivity index (χ4v) is 6.78. The molecule has 3 aliphatic carbocycles. The lowest BCUT2D eigenvalue weighted by Gasteiger charge is -2.41. The van der Waals surface area contributed by atoms with E-state index in [0.29, 0.717) is 18.1 Å². The molecule has 1 nitrogen and oxygen atoms in total. The van der Waals surface area contributed by atoms with Gasteiger partial charge in [-0.15, -0.1) is 0 Å². The summed E-state index contributed by atoms with van der Waals surface area (Å²) in [7, 11) is 0. The first-order valence-electron chi connectivity index (χ1n) is 12.4. The number of halogens is 3. The molecule has 0 amide bonds. The Hall–Kier alpha value is -0.930. The highest BCUT2D eigenvalue weighted by Gasteiger charge is 2.34. The highest BCUT2D eigenvalue weighted by molar-refractivity contribution is 6.25. The van der Waals surface area contributed by atoms with Gasteiger partial charge in [0.1, 0.15) is 0 Å². The summed E-state index contributed by atoms with van der Waals surface area (Å²) in [5.74, 6) is 2.78. The maximum atomic E-state index is 13.4. The summed E-state index contributed by atoms with van der Waals surface area (Å²) in [5, 5.41) is 0. The normalized spacial score (nSPS) is 34.8. The summed E-state index contributed by atoms with van der Waals surface area (Å²) in [6.45, 7) is 0.376. The molecular weight excluding hydrogens is 414 g/mol. The van der Waals surface area contributed by atoms with Gasteiger partial charge < -0.3 is 4.74 Å². The largest absolute Gasteiger partial charge is 0.374 e. The van der Waals surface area contributed by atoms with Gasteiger partial charge in [0.05, 0.1) is 12.7 Å². The second kappa shape index (κ2) is 11.3. The van der Waals surface area contributed by atoms with Gasteiger partial charge in [-0.25, -0.2) is 8.78 Å². The van der Waals surface area contributed by atoms with Crippen LogP contribution in [0.25, 0.3) is 0 Å². The maximum Gasteiger partial charge on any atom is 0.159 e. The summed E-state index contributed by atoms with van der Waals surface area (Å²) in [6.07, 6.45) is 18.3. The number of hydrogen-bond donors (Lipinski definition) is 0. The summed E-state index contributed by atoms with van der Waals surface area (Å²) >= 11 is 5.76. The predicted molar refractivity (Wildman–Crippen MR) is 123 cm³/mol. The third-order valence-electron chi connectivity index (χ3n) is 8.50. The molecule has 4 rings (SSSR count). The predicted octanol–water partition coefficient (Wildman–Crippen LogP) is 8.41. The van der Waals surface area contributed by atoms with Crippen LogP contribution in [-0.2, 0) is 11.3 Å². The van der Waals surface area contributed by atoms with Gasteiger partial charge in [0.2, 0.25) is 0 Å². The molecule has 0 atom stereocenters. The minimum atomic E-state index is -0.796. The smallest absolute Gasteiger partial charge is 0.159 e. The van der Waals surface area contributed by atoms with Crippen molar-refractivity contribution in [3.05, 3.63) is 47.0 Å². The van der Waals surface area contributed by atoms with Gasteiger partial charge in [-0.05, 0) is 124 Å². The Kier molecular flexibility index (Phi) is 8.45. The first-order chi connectivity index (χ1) is 15.1. The SMILES string of the molecule is Fc1ccc(COC2CCC(C3CCC(C4CCC(C=CCl)CC4)CC3)CC2)cc1F. The van der Waals surface area contributed by atoms with Crippen LogP contribution < -0.4 is 0 Å². The zero-order valence-electron chi connectivity index (χ0n) is 18.6. The zero-order valence-corrected chi connectivity index (χ0v) is 19.3. The molecule has 0 N–H and O–H groups in total. The molecule has 1 aromatic rings. The molecule has 172 valence electrons. The van der Waals surface area contributed by atoms with Crippen LogP contribution in [0, 0.1) is 41.2 Å². The van der Waals surface area contributed by atoms with E-state index in [-0.39, 0.29) is 6.10 Å². The van der Waals surface area contributed by atoms with Gasteiger partial charge in [-0.1, -0.05) is 23.7 Å². The minimum absolute atomic E-state index is 0.262. The molecule has 0 aromatic heterocycles. The van der Waals surface area contributed by atoms with E-state index in [9.17, 15) is 8.78 Å². The van der Waals surface area contributed by atoms with Gasteiger partial charge in [0.25, 0.3) is 0 Å². The minimum Gasteiger partial charge on any atom is -0.374 e. The molecule has 3 fully saturated rings. The number of hydrogen-bond acceptors (Lipinski definition) is 1. The molecule has 1 aromatic carbocycles. The highest BCUT2D eigenvalue weighted by Crippen LogP contribution is 2.45. The van der Waals surface area contributed by atoms with Crippen molar-refractivity contribution >= 4 is 11.6 Å². The molecule has 0 bridgehead atoms. The lowest BCUT2D eigenvalue weighted by atomic mass is 9.65. The van der Waals surface area contributed by atoms with E-state index in [0.717, 1.165) is 36.5 Å². The summed E-state index contributed by atoms with van der Waals surface area (Å²) in [4.78, 5) is 0. The van der Waals surface area contributed by atoms with Gasteiger partial charge in [-0.3, -0.25) is 0 Å². The van der Waals surface area contributed by atoms with E-state index in [1.807, 2.05) is 0 Å². The number of benzene rings is 1. The van der Waals surface area contributed by atoms with Gasteiger partial charge in [0.15, 0.2) is 11.6 Å². The number of ether oxygens (including phenoxy) is 1. The first-order valence-corrected chi connectivity index (χ1v) is 12.9. The maximum absolute atomic E-state index is 13.4. The molecule has 0 unspecified atom stereocenters. The third kappa shape index (κ3) is 6.32. The first kappa shape index (κ1) is 23.2. The molecule has 3 saturated carbocycles. The van der Waals surface area contributed by atoms with Crippen molar-refractivity contribution in [1.82, 2.24) is 0 Å². The fourth-order valence-electron chi connectivity index (χ4n) is 6.57. The lowest BCUT2D eigenvalue weighted by Crippen LogP contribution is -2.31. The van der Waals surface area contributed by atoms with E-state index in [2.05, 4.69) is 6.08 Å². The van der Waals surface area contributed by atoms with Crippen LogP contribution >= 0.6 is 11.6 Å². The van der Waals surface area contributed by atoms with Crippen LogP contribution in [0.4, 0.5) is 8.78 Å². The van der Waals surface area contributed by atoms with E-state index in [1.165, 1.54) is 76.3 Å². The summed E-state index contributed by atoms with van der Waals surface area (Å²) in [5.41, 5.74) is 2.42. The van der Waals surface area contributed by atoms with E-state index >= 15 is 0 Å². The summed E-state index contributed by atoms with van der Waals surface area (Å²) < 4.78 is 32.4. The van der Waals surface area contributed by atoms with Crippen molar-refractivity contribution in [1.29, 1.82) is 0 Å². The Balaban J connectivity index is 1.15. The monoisotopic (exact) mass is 450 g/mol. The standard InChI is InChI=1S/C27H37ClF2O/c28-16-15-19-1-4-21(5-2-19)22-6-8-23(9-7-22)24-10-12-25(13-11-24)31-18-20-3-14-26(29)27(30)17-20/h3,14-17,19,21-25H,1-2,4-13,18H2. The third-order valence-corrected chi connectivity index (χ3v) is 8.65. The molecule has 31 heavy (non-hydrogen) atoms. The molecule has 0 radical (unpaired) electrons. The number of allylic oxidation sites excluding steroid dienone is 1. The van der Waals surface area contributed by atoms with Crippen LogP contribution in [-0.4, -0.2) is 6.10 Å². The molecule has 0 saturated heterocycles. The molecular formula is C27H37ClF2O. The average molecular weight is 451 g/mol. The van der Waals surface area contributed by atoms with Gasteiger partial charge >= 0.3 is 0 Å². The highest BCUT2D eigenvalue weighted by atomic mass is 35.5. The van der Waals surface area contributed by atoms with E-state index in [1.54, 1.807) is 11.6 Å². The summed E-state index contributed by atoms with van der Waals surface area (Å²) in [6, 6.07) is 4.05.